The number of nitrogens with zero attached hydrogens (tertiary/aromatic N) is 3. The first kappa shape index (κ1) is 24.5. The maximum atomic E-state index is 13.6. The normalized spacial score (nSPS) is 10.8. The number of halogens is 1. The first-order valence-corrected chi connectivity index (χ1v) is 12.3. The second-order valence-corrected chi connectivity index (χ2v) is 9.02. The zero-order chi connectivity index (χ0) is 24.6. The molecule has 4 rings (SSSR count). The lowest BCUT2D eigenvalue weighted by Crippen LogP contribution is -2.23. The minimum absolute atomic E-state index is 0.0986. The van der Waals surface area contributed by atoms with Crippen molar-refractivity contribution in [3.05, 3.63) is 101 Å². The number of para-hydroxylation sites is 1. The molecule has 8 heteroatoms. The van der Waals surface area contributed by atoms with Crippen LogP contribution in [0.3, 0.4) is 0 Å². The van der Waals surface area contributed by atoms with Gasteiger partial charge in [-0.25, -0.2) is 4.39 Å². The Morgan fingerprint density at radius 3 is 2.63 bits per heavy atom. The number of hydrogen-bond donors (Lipinski definition) is 1. The highest BCUT2D eigenvalue weighted by atomic mass is 32.2. The Morgan fingerprint density at radius 2 is 1.86 bits per heavy atom. The maximum absolute atomic E-state index is 13.6. The van der Waals surface area contributed by atoms with E-state index in [9.17, 15) is 9.18 Å². The molecule has 180 valence electrons. The minimum Gasteiger partial charge on any atom is -0.496 e. The van der Waals surface area contributed by atoms with Crippen LogP contribution in [-0.2, 0) is 23.5 Å². The van der Waals surface area contributed by atoms with E-state index in [0.717, 1.165) is 22.8 Å². The van der Waals surface area contributed by atoms with Gasteiger partial charge >= 0.3 is 0 Å². The molecule has 0 aliphatic rings. The quantitative estimate of drug-likeness (QED) is 0.307. The fraction of sp³-hybridized carbons (Fsp3) is 0.222. The van der Waals surface area contributed by atoms with Crippen LogP contribution in [0, 0.1) is 12.7 Å². The summed E-state index contributed by atoms with van der Waals surface area (Å²) in [5.41, 5.74) is 4.05. The molecule has 0 spiro atoms. The number of hydrogen-bond acceptors (Lipinski definition) is 5. The van der Waals surface area contributed by atoms with Crippen LogP contribution in [0.15, 0.2) is 78.0 Å². The average Bonchev–Trinajstić information content (AvgIpc) is 3.28. The number of thioether (sulfide) groups is 1. The third-order valence-corrected chi connectivity index (χ3v) is 6.48. The van der Waals surface area contributed by atoms with Gasteiger partial charge in [0.25, 0.3) is 0 Å². The topological polar surface area (TPSA) is 69.0 Å². The van der Waals surface area contributed by atoms with Crippen LogP contribution in [0.5, 0.6) is 5.75 Å². The summed E-state index contributed by atoms with van der Waals surface area (Å²) in [5, 5.41) is 12.4. The summed E-state index contributed by atoms with van der Waals surface area (Å²) < 4.78 is 20.8. The average molecular weight is 491 g/mol. The molecule has 0 unspecified atom stereocenters. The molecule has 0 aliphatic heterocycles. The van der Waals surface area contributed by atoms with Crippen molar-refractivity contribution in [3.63, 3.8) is 0 Å². The lowest BCUT2D eigenvalue weighted by Gasteiger charge is -2.11. The van der Waals surface area contributed by atoms with Gasteiger partial charge in [0, 0.05) is 36.4 Å². The van der Waals surface area contributed by atoms with Gasteiger partial charge in [-0.3, -0.25) is 9.36 Å². The van der Waals surface area contributed by atoms with Crippen molar-refractivity contribution in [2.75, 3.05) is 7.11 Å². The summed E-state index contributed by atoms with van der Waals surface area (Å²) in [6.45, 7) is 2.44. The van der Waals surface area contributed by atoms with Crippen molar-refractivity contribution in [1.82, 2.24) is 20.1 Å². The summed E-state index contributed by atoms with van der Waals surface area (Å²) >= 11 is 1.56. The molecule has 0 radical (unpaired) electrons. The Balaban J connectivity index is 1.46. The molecule has 3 aromatic carbocycles. The highest BCUT2D eigenvalue weighted by Crippen LogP contribution is 2.26. The van der Waals surface area contributed by atoms with E-state index in [1.54, 1.807) is 31.0 Å². The van der Waals surface area contributed by atoms with E-state index >= 15 is 0 Å². The van der Waals surface area contributed by atoms with Crippen LogP contribution in [0.1, 0.15) is 28.9 Å². The molecule has 1 amide bonds. The van der Waals surface area contributed by atoms with Crippen molar-refractivity contribution >= 4 is 17.7 Å². The van der Waals surface area contributed by atoms with Crippen LogP contribution in [0.2, 0.25) is 0 Å². The number of amides is 1. The Hall–Kier alpha value is -3.65. The van der Waals surface area contributed by atoms with Gasteiger partial charge < -0.3 is 10.1 Å². The van der Waals surface area contributed by atoms with Gasteiger partial charge in [0.2, 0.25) is 5.91 Å². The number of aryl methyl sites for hydroxylation is 2. The number of aromatic nitrogens is 3. The predicted molar refractivity (Wildman–Crippen MR) is 135 cm³/mol. The largest absolute Gasteiger partial charge is 0.496 e. The number of ether oxygens (including phenoxy) is 1. The lowest BCUT2D eigenvalue weighted by molar-refractivity contribution is -0.121. The number of nitrogens with one attached hydrogen (secondary N) is 1. The zero-order valence-corrected chi connectivity index (χ0v) is 20.5. The van der Waals surface area contributed by atoms with Crippen LogP contribution in [0.25, 0.3) is 5.69 Å². The molecular weight excluding hydrogens is 463 g/mol. The zero-order valence-electron chi connectivity index (χ0n) is 19.7. The molecule has 0 saturated carbocycles. The highest BCUT2D eigenvalue weighted by molar-refractivity contribution is 7.98. The number of benzene rings is 3. The van der Waals surface area contributed by atoms with E-state index in [2.05, 4.69) is 40.6 Å². The summed E-state index contributed by atoms with van der Waals surface area (Å²) in [6.07, 6.45) is 0.643. The fourth-order valence-corrected chi connectivity index (χ4v) is 4.63. The van der Waals surface area contributed by atoms with Gasteiger partial charge in [0.1, 0.15) is 17.4 Å². The number of methoxy groups -OCH3 is 1. The standard InChI is InChI=1S/C27H27FN4O2S/c1-19-6-5-7-20(16-19)18-35-27-31-30-25(32(27)23-12-10-22(28)11-13-23)14-15-26(33)29-17-21-8-3-4-9-24(21)34-2/h3-13,16H,14-15,17-18H2,1-2H3,(H,29,33). The summed E-state index contributed by atoms with van der Waals surface area (Å²) in [4.78, 5) is 12.6. The fourth-order valence-electron chi connectivity index (χ4n) is 3.71. The van der Waals surface area contributed by atoms with Crippen LogP contribution < -0.4 is 10.1 Å². The molecule has 0 bridgehead atoms. The molecular formula is C27H27FN4O2S. The van der Waals surface area contributed by atoms with Crippen molar-refractivity contribution < 1.29 is 13.9 Å². The summed E-state index contributed by atoms with van der Waals surface area (Å²) in [6, 6.07) is 22.1. The molecule has 0 aliphatic carbocycles. The van der Waals surface area contributed by atoms with Gasteiger partial charge in [0.05, 0.1) is 7.11 Å². The van der Waals surface area contributed by atoms with Gasteiger partial charge in [-0.05, 0) is 42.8 Å². The Labute approximate surface area is 208 Å². The monoisotopic (exact) mass is 490 g/mol. The molecule has 0 atom stereocenters. The Kier molecular flexibility index (Phi) is 8.15. The van der Waals surface area contributed by atoms with E-state index in [1.165, 1.54) is 23.3 Å². The molecule has 35 heavy (non-hydrogen) atoms. The van der Waals surface area contributed by atoms with Gasteiger partial charge in [-0.2, -0.15) is 0 Å². The number of carbonyl (C=O) groups excluding carboxylic acids is 1. The number of carbonyl (C=O) groups is 1. The summed E-state index contributed by atoms with van der Waals surface area (Å²) in [5.74, 6) is 1.70. The van der Waals surface area contributed by atoms with Crippen molar-refractivity contribution in [1.29, 1.82) is 0 Å². The van der Waals surface area contributed by atoms with Gasteiger partial charge in [0.15, 0.2) is 5.16 Å². The lowest BCUT2D eigenvalue weighted by atomic mass is 10.2. The first-order chi connectivity index (χ1) is 17.0. The third-order valence-electron chi connectivity index (χ3n) is 5.48. The third kappa shape index (κ3) is 6.48. The van der Waals surface area contributed by atoms with Gasteiger partial charge in [-0.15, -0.1) is 10.2 Å². The van der Waals surface area contributed by atoms with Crippen molar-refractivity contribution in [2.45, 2.75) is 37.2 Å². The molecule has 4 aromatic rings. The van der Waals surface area contributed by atoms with Crippen LogP contribution in [0.4, 0.5) is 4.39 Å². The second kappa shape index (κ2) is 11.7. The molecule has 0 saturated heterocycles. The van der Waals surface area contributed by atoms with Crippen molar-refractivity contribution in [2.24, 2.45) is 0 Å². The minimum atomic E-state index is -0.312. The number of rotatable bonds is 10. The molecule has 6 nitrogen and oxygen atoms in total. The SMILES string of the molecule is COc1ccccc1CNC(=O)CCc1nnc(SCc2cccc(C)c2)n1-c1ccc(F)cc1. The maximum Gasteiger partial charge on any atom is 0.220 e. The van der Waals surface area contributed by atoms with Crippen molar-refractivity contribution in [3.8, 4) is 11.4 Å². The summed E-state index contributed by atoms with van der Waals surface area (Å²) in [7, 11) is 1.61. The van der Waals surface area contributed by atoms with E-state index < -0.39 is 0 Å². The molecule has 1 aromatic heterocycles. The molecule has 1 heterocycles. The Morgan fingerprint density at radius 1 is 1.06 bits per heavy atom. The van der Waals surface area contributed by atoms with Crippen LogP contribution >= 0.6 is 11.8 Å². The van der Waals surface area contributed by atoms with Gasteiger partial charge in [-0.1, -0.05) is 59.8 Å². The molecule has 1 N–H and O–H groups in total. The van der Waals surface area contributed by atoms with E-state index in [0.29, 0.717) is 23.9 Å². The highest BCUT2D eigenvalue weighted by Gasteiger charge is 2.16. The van der Waals surface area contributed by atoms with E-state index in [4.69, 9.17) is 4.74 Å². The first-order valence-electron chi connectivity index (χ1n) is 11.3. The predicted octanol–water partition coefficient (Wildman–Crippen LogP) is 5.26. The smallest absolute Gasteiger partial charge is 0.220 e. The Bertz CT molecular complexity index is 1290. The second-order valence-electron chi connectivity index (χ2n) is 8.08. The van der Waals surface area contributed by atoms with Crippen LogP contribution in [-0.4, -0.2) is 27.8 Å². The van der Waals surface area contributed by atoms with E-state index in [-0.39, 0.29) is 18.1 Å². The van der Waals surface area contributed by atoms with E-state index in [1.807, 2.05) is 34.9 Å². The molecule has 0 fully saturated rings.